The maximum atomic E-state index is 10.5. The van der Waals surface area contributed by atoms with Crippen molar-refractivity contribution in [3.8, 4) is 0 Å². The molecule has 0 aliphatic heterocycles. The summed E-state index contributed by atoms with van der Waals surface area (Å²) < 4.78 is 2.02. The Morgan fingerprint density at radius 2 is 2.20 bits per heavy atom. The lowest BCUT2D eigenvalue weighted by atomic mass is 9.79. The molecule has 0 bridgehead atoms. The van der Waals surface area contributed by atoms with Crippen molar-refractivity contribution >= 4 is 5.65 Å². The molecule has 2 aromatic heterocycles. The molecule has 1 aliphatic carbocycles. The summed E-state index contributed by atoms with van der Waals surface area (Å²) in [4.78, 5) is 4.55. The summed E-state index contributed by atoms with van der Waals surface area (Å²) in [6.45, 7) is 3.64. The van der Waals surface area contributed by atoms with Crippen LogP contribution in [0.2, 0.25) is 0 Å². The van der Waals surface area contributed by atoms with Gasteiger partial charge >= 0.3 is 0 Å². The SMILES string of the molecule is CC1CCC(O)(CNCc2cn3ccccc3n2)CC1. The first-order chi connectivity index (χ1) is 9.65. The third-order valence-corrected chi connectivity index (χ3v) is 4.38. The minimum atomic E-state index is -0.522. The first-order valence-electron chi connectivity index (χ1n) is 7.50. The fraction of sp³-hybridized carbons (Fsp3) is 0.562. The van der Waals surface area contributed by atoms with Crippen molar-refractivity contribution in [1.82, 2.24) is 14.7 Å². The summed E-state index contributed by atoms with van der Waals surface area (Å²) in [6.07, 6.45) is 8.12. The van der Waals surface area contributed by atoms with Crippen molar-refractivity contribution in [2.24, 2.45) is 5.92 Å². The summed E-state index contributed by atoms with van der Waals surface area (Å²) in [6, 6.07) is 5.99. The Hall–Kier alpha value is -1.39. The molecule has 0 spiro atoms. The highest BCUT2D eigenvalue weighted by Gasteiger charge is 2.31. The summed E-state index contributed by atoms with van der Waals surface area (Å²) in [5.74, 6) is 0.758. The molecule has 0 unspecified atom stereocenters. The number of hydrogen-bond donors (Lipinski definition) is 2. The van der Waals surface area contributed by atoms with Gasteiger partial charge in [-0.1, -0.05) is 13.0 Å². The van der Waals surface area contributed by atoms with E-state index in [0.29, 0.717) is 13.1 Å². The lowest BCUT2D eigenvalue weighted by Crippen LogP contribution is -2.43. The van der Waals surface area contributed by atoms with Crippen LogP contribution in [0.25, 0.3) is 5.65 Å². The number of aromatic nitrogens is 2. The van der Waals surface area contributed by atoms with Crippen molar-refractivity contribution in [1.29, 1.82) is 0 Å². The molecule has 1 saturated carbocycles. The molecular weight excluding hydrogens is 250 g/mol. The highest BCUT2D eigenvalue weighted by atomic mass is 16.3. The van der Waals surface area contributed by atoms with Crippen LogP contribution in [0.5, 0.6) is 0 Å². The Balaban J connectivity index is 1.54. The van der Waals surface area contributed by atoms with E-state index in [1.807, 2.05) is 35.0 Å². The van der Waals surface area contributed by atoms with E-state index in [-0.39, 0.29) is 0 Å². The maximum absolute atomic E-state index is 10.5. The molecule has 2 N–H and O–H groups in total. The molecular formula is C16H23N3O. The van der Waals surface area contributed by atoms with Gasteiger partial charge in [-0.2, -0.15) is 0 Å². The van der Waals surface area contributed by atoms with Crippen molar-refractivity contribution in [2.45, 2.75) is 44.8 Å². The zero-order valence-corrected chi connectivity index (χ0v) is 12.0. The highest BCUT2D eigenvalue weighted by Crippen LogP contribution is 2.31. The van der Waals surface area contributed by atoms with E-state index in [1.165, 1.54) is 0 Å². The predicted octanol–water partition coefficient (Wildman–Crippen LogP) is 2.37. The van der Waals surface area contributed by atoms with Crippen molar-refractivity contribution < 1.29 is 5.11 Å². The minimum Gasteiger partial charge on any atom is -0.389 e. The van der Waals surface area contributed by atoms with Gasteiger partial charge in [0.25, 0.3) is 0 Å². The number of fused-ring (bicyclic) bond motifs is 1. The lowest BCUT2D eigenvalue weighted by molar-refractivity contribution is -0.00634. The van der Waals surface area contributed by atoms with Crippen LogP contribution in [0.1, 0.15) is 38.3 Å². The van der Waals surface area contributed by atoms with Gasteiger partial charge < -0.3 is 14.8 Å². The molecule has 1 aliphatic rings. The van der Waals surface area contributed by atoms with Crippen molar-refractivity contribution in [3.63, 3.8) is 0 Å². The van der Waals surface area contributed by atoms with Crippen molar-refractivity contribution in [3.05, 3.63) is 36.3 Å². The van der Waals surface area contributed by atoms with Crippen LogP contribution in [0.4, 0.5) is 0 Å². The second kappa shape index (κ2) is 5.54. The van der Waals surface area contributed by atoms with Gasteiger partial charge in [0, 0.05) is 25.5 Å². The number of pyridine rings is 1. The summed E-state index contributed by atoms with van der Waals surface area (Å²) >= 11 is 0. The number of rotatable bonds is 4. The van der Waals surface area contributed by atoms with Gasteiger partial charge in [-0.15, -0.1) is 0 Å². The molecule has 20 heavy (non-hydrogen) atoms. The normalized spacial score (nSPS) is 27.0. The minimum absolute atomic E-state index is 0.522. The van der Waals surface area contributed by atoms with Crippen LogP contribution in [-0.2, 0) is 6.54 Å². The fourth-order valence-electron chi connectivity index (χ4n) is 2.97. The van der Waals surface area contributed by atoms with E-state index < -0.39 is 5.60 Å². The molecule has 3 rings (SSSR count). The highest BCUT2D eigenvalue weighted by molar-refractivity contribution is 5.39. The molecule has 0 radical (unpaired) electrons. The first kappa shape index (κ1) is 13.6. The number of aliphatic hydroxyl groups is 1. The summed E-state index contributed by atoms with van der Waals surface area (Å²) in [7, 11) is 0. The standard InChI is InChI=1S/C16H23N3O/c1-13-5-7-16(20,8-6-13)12-17-10-14-11-19-9-3-2-4-15(19)18-14/h2-4,9,11,13,17,20H,5-8,10,12H2,1H3. The largest absolute Gasteiger partial charge is 0.389 e. The Labute approximate surface area is 119 Å². The molecule has 4 nitrogen and oxygen atoms in total. The van der Waals surface area contributed by atoms with Crippen LogP contribution in [0, 0.1) is 5.92 Å². The van der Waals surface area contributed by atoms with E-state index in [2.05, 4.69) is 17.2 Å². The number of imidazole rings is 1. The monoisotopic (exact) mass is 273 g/mol. The second-order valence-corrected chi connectivity index (χ2v) is 6.21. The van der Waals surface area contributed by atoms with E-state index in [1.54, 1.807) is 0 Å². The topological polar surface area (TPSA) is 49.6 Å². The average molecular weight is 273 g/mol. The van der Waals surface area contributed by atoms with E-state index in [0.717, 1.165) is 42.9 Å². The first-order valence-corrected chi connectivity index (χ1v) is 7.50. The number of nitrogens with zero attached hydrogens (tertiary/aromatic N) is 2. The molecule has 4 heteroatoms. The van der Waals surface area contributed by atoms with E-state index >= 15 is 0 Å². The average Bonchev–Trinajstić information content (AvgIpc) is 2.85. The zero-order valence-electron chi connectivity index (χ0n) is 12.0. The third-order valence-electron chi connectivity index (χ3n) is 4.38. The lowest BCUT2D eigenvalue weighted by Gasteiger charge is -2.35. The van der Waals surface area contributed by atoms with Gasteiger partial charge in [0.05, 0.1) is 11.3 Å². The van der Waals surface area contributed by atoms with Crippen LogP contribution in [0.3, 0.4) is 0 Å². The van der Waals surface area contributed by atoms with E-state index in [9.17, 15) is 5.11 Å². The Morgan fingerprint density at radius 1 is 1.40 bits per heavy atom. The van der Waals surface area contributed by atoms with Gasteiger partial charge in [-0.05, 0) is 43.7 Å². The Bertz CT molecular complexity index is 537. The fourth-order valence-corrected chi connectivity index (χ4v) is 2.97. The van der Waals surface area contributed by atoms with Gasteiger partial charge in [-0.3, -0.25) is 0 Å². The summed E-state index contributed by atoms with van der Waals surface area (Å²) in [5.41, 5.74) is 1.46. The van der Waals surface area contributed by atoms with Crippen LogP contribution < -0.4 is 5.32 Å². The smallest absolute Gasteiger partial charge is 0.137 e. The zero-order chi connectivity index (χ0) is 14.0. The van der Waals surface area contributed by atoms with Gasteiger partial charge in [-0.25, -0.2) is 4.98 Å². The second-order valence-electron chi connectivity index (χ2n) is 6.21. The van der Waals surface area contributed by atoms with Crippen LogP contribution in [0.15, 0.2) is 30.6 Å². The van der Waals surface area contributed by atoms with Crippen LogP contribution in [-0.4, -0.2) is 26.6 Å². The maximum Gasteiger partial charge on any atom is 0.137 e. The van der Waals surface area contributed by atoms with Crippen molar-refractivity contribution in [2.75, 3.05) is 6.54 Å². The molecule has 0 atom stereocenters. The molecule has 1 fully saturated rings. The third kappa shape index (κ3) is 3.02. The molecule has 0 aromatic carbocycles. The van der Waals surface area contributed by atoms with Gasteiger partial charge in [0.2, 0.25) is 0 Å². The Kier molecular flexibility index (Phi) is 3.76. The number of hydrogen-bond acceptors (Lipinski definition) is 3. The molecule has 2 heterocycles. The number of nitrogens with one attached hydrogen (secondary N) is 1. The molecule has 2 aromatic rings. The van der Waals surface area contributed by atoms with Gasteiger partial charge in [0.1, 0.15) is 5.65 Å². The molecule has 108 valence electrons. The van der Waals surface area contributed by atoms with E-state index in [4.69, 9.17) is 0 Å². The molecule has 0 amide bonds. The van der Waals surface area contributed by atoms with Gasteiger partial charge in [0.15, 0.2) is 0 Å². The Morgan fingerprint density at radius 3 is 2.95 bits per heavy atom. The predicted molar refractivity (Wildman–Crippen MR) is 79.5 cm³/mol. The summed E-state index contributed by atoms with van der Waals surface area (Å²) in [5, 5.41) is 13.9. The quantitative estimate of drug-likeness (QED) is 0.899. The molecule has 0 saturated heterocycles. The van der Waals surface area contributed by atoms with Crippen LogP contribution >= 0.6 is 0 Å².